The van der Waals surface area contributed by atoms with E-state index in [1.165, 1.54) is 13.2 Å². The molecule has 0 saturated heterocycles. The zero-order valence-electron chi connectivity index (χ0n) is 8.91. The van der Waals surface area contributed by atoms with Crippen molar-refractivity contribution < 1.29 is 22.8 Å². The van der Waals surface area contributed by atoms with Crippen molar-refractivity contribution in [3.05, 3.63) is 35.4 Å². The van der Waals surface area contributed by atoms with Gasteiger partial charge in [0, 0.05) is 13.2 Å². The summed E-state index contributed by atoms with van der Waals surface area (Å²) < 4.78 is 29.9. The Balaban J connectivity index is 2.46. The molecule has 0 spiro atoms. The molecule has 0 fully saturated rings. The molecule has 0 heterocycles. The van der Waals surface area contributed by atoms with Gasteiger partial charge in [0.15, 0.2) is 11.6 Å². The van der Waals surface area contributed by atoms with Gasteiger partial charge in [-0.25, -0.2) is 8.78 Å². The lowest BCUT2D eigenvalue weighted by Gasteiger charge is -2.14. The van der Waals surface area contributed by atoms with Crippen molar-refractivity contribution in [1.82, 2.24) is 0 Å². The van der Waals surface area contributed by atoms with E-state index < -0.39 is 20.4 Å². The SMILES string of the molecule is CO[Si](O)(O)CCCc1ccc(F)c(F)c1. The molecular weight excluding hydrogens is 234 g/mol. The van der Waals surface area contributed by atoms with E-state index in [-0.39, 0.29) is 6.04 Å². The third-order valence-corrected chi connectivity index (χ3v) is 3.94. The number of benzene rings is 1. The smallest absolute Gasteiger partial charge is 0.390 e. The topological polar surface area (TPSA) is 49.7 Å². The Morgan fingerprint density at radius 2 is 1.94 bits per heavy atom. The molecule has 0 atom stereocenters. The predicted octanol–water partition coefficient (Wildman–Crippen LogP) is 1.47. The summed E-state index contributed by atoms with van der Waals surface area (Å²) in [6, 6.07) is 3.79. The van der Waals surface area contributed by atoms with Crippen LogP contribution in [-0.4, -0.2) is 25.5 Å². The largest absolute Gasteiger partial charge is 0.495 e. The maximum atomic E-state index is 12.8. The molecule has 1 aromatic rings. The minimum Gasteiger partial charge on any atom is -0.390 e. The maximum absolute atomic E-state index is 12.8. The highest BCUT2D eigenvalue weighted by Gasteiger charge is 2.29. The minimum absolute atomic E-state index is 0.141. The first-order chi connectivity index (χ1) is 7.44. The summed E-state index contributed by atoms with van der Waals surface area (Å²) >= 11 is 0. The van der Waals surface area contributed by atoms with Gasteiger partial charge >= 0.3 is 8.80 Å². The average molecular weight is 248 g/mol. The lowest BCUT2D eigenvalue weighted by atomic mass is 10.1. The molecule has 6 heteroatoms. The Hall–Kier alpha value is -0.823. The van der Waals surface area contributed by atoms with E-state index in [4.69, 9.17) is 0 Å². The van der Waals surface area contributed by atoms with E-state index >= 15 is 0 Å². The zero-order valence-corrected chi connectivity index (χ0v) is 9.91. The van der Waals surface area contributed by atoms with Gasteiger partial charge in [0.2, 0.25) is 0 Å². The highest BCUT2D eigenvalue weighted by molar-refractivity contribution is 6.57. The van der Waals surface area contributed by atoms with Crippen LogP contribution < -0.4 is 0 Å². The highest BCUT2D eigenvalue weighted by atomic mass is 28.4. The Kier molecular flexibility index (Phi) is 4.54. The summed E-state index contributed by atoms with van der Waals surface area (Å²) in [5.74, 6) is -1.77. The molecule has 0 radical (unpaired) electrons. The Bertz CT molecular complexity index is 358. The van der Waals surface area contributed by atoms with Gasteiger partial charge < -0.3 is 14.0 Å². The first-order valence-electron chi connectivity index (χ1n) is 4.88. The van der Waals surface area contributed by atoms with Crippen molar-refractivity contribution >= 4 is 8.80 Å². The molecule has 0 aliphatic carbocycles. The van der Waals surface area contributed by atoms with Gasteiger partial charge in [0.05, 0.1) is 0 Å². The Labute approximate surface area is 93.7 Å². The summed E-state index contributed by atoms with van der Waals surface area (Å²) in [5.41, 5.74) is 0.625. The second-order valence-electron chi connectivity index (χ2n) is 3.55. The summed E-state index contributed by atoms with van der Waals surface area (Å²) in [5, 5.41) is 0. The van der Waals surface area contributed by atoms with Gasteiger partial charge in [-0.3, -0.25) is 0 Å². The van der Waals surface area contributed by atoms with Crippen LogP contribution in [0.3, 0.4) is 0 Å². The Morgan fingerprint density at radius 3 is 2.50 bits per heavy atom. The van der Waals surface area contributed by atoms with Crippen LogP contribution in [-0.2, 0) is 10.8 Å². The van der Waals surface area contributed by atoms with Crippen LogP contribution >= 0.6 is 0 Å². The first kappa shape index (κ1) is 13.2. The normalized spacial score (nSPS) is 11.8. The molecule has 0 saturated carbocycles. The third kappa shape index (κ3) is 3.97. The van der Waals surface area contributed by atoms with Crippen molar-refractivity contribution in [2.24, 2.45) is 0 Å². The van der Waals surface area contributed by atoms with Crippen molar-refractivity contribution in [3.63, 3.8) is 0 Å². The van der Waals surface area contributed by atoms with Gasteiger partial charge in [-0.05, 0) is 30.5 Å². The van der Waals surface area contributed by atoms with Crippen molar-refractivity contribution in [3.8, 4) is 0 Å². The standard InChI is InChI=1S/C10H14F2O3Si/c1-15-16(13,14)6-2-3-8-4-5-9(11)10(12)7-8/h4-5,7,13-14H,2-3,6H2,1H3. The molecule has 1 aromatic carbocycles. The first-order valence-corrected chi connectivity index (χ1v) is 6.89. The van der Waals surface area contributed by atoms with Crippen molar-refractivity contribution in [1.29, 1.82) is 0 Å². The molecule has 2 N–H and O–H groups in total. The second kappa shape index (κ2) is 5.49. The van der Waals surface area contributed by atoms with Crippen molar-refractivity contribution in [2.75, 3.05) is 7.11 Å². The van der Waals surface area contributed by atoms with Crippen LogP contribution in [0.15, 0.2) is 18.2 Å². The molecule has 16 heavy (non-hydrogen) atoms. The molecule has 1 rings (SSSR count). The summed E-state index contributed by atoms with van der Waals surface area (Å²) in [6.45, 7) is 0. The summed E-state index contributed by atoms with van der Waals surface area (Å²) in [6.07, 6.45) is 0.911. The van der Waals surface area contributed by atoms with Gasteiger partial charge in [-0.1, -0.05) is 6.07 Å². The average Bonchev–Trinajstić information content (AvgIpc) is 2.23. The van der Waals surface area contributed by atoms with Crippen LogP contribution in [0.5, 0.6) is 0 Å². The van der Waals surface area contributed by atoms with E-state index in [2.05, 4.69) is 4.43 Å². The van der Waals surface area contributed by atoms with E-state index in [1.807, 2.05) is 0 Å². The molecule has 0 aromatic heterocycles. The molecule has 0 unspecified atom stereocenters. The number of hydrogen-bond donors (Lipinski definition) is 2. The van der Waals surface area contributed by atoms with E-state index in [0.29, 0.717) is 18.4 Å². The Morgan fingerprint density at radius 1 is 1.25 bits per heavy atom. The molecule has 0 amide bonds. The lowest BCUT2D eigenvalue weighted by molar-refractivity contribution is 0.184. The van der Waals surface area contributed by atoms with Gasteiger partial charge in [-0.2, -0.15) is 0 Å². The van der Waals surface area contributed by atoms with Gasteiger partial charge in [-0.15, -0.1) is 0 Å². The van der Waals surface area contributed by atoms with Crippen LogP contribution in [0.4, 0.5) is 8.78 Å². The third-order valence-electron chi connectivity index (χ3n) is 2.28. The molecule has 90 valence electrons. The molecule has 0 aliphatic rings. The van der Waals surface area contributed by atoms with Crippen LogP contribution in [0, 0.1) is 11.6 Å². The predicted molar refractivity (Wildman–Crippen MR) is 56.7 cm³/mol. The molecule has 0 bridgehead atoms. The zero-order chi connectivity index (χ0) is 12.2. The van der Waals surface area contributed by atoms with Crippen molar-refractivity contribution in [2.45, 2.75) is 18.9 Å². The number of hydrogen-bond acceptors (Lipinski definition) is 3. The minimum atomic E-state index is -3.52. The molecular formula is C10H14F2O3Si. The fourth-order valence-corrected chi connectivity index (χ4v) is 2.16. The number of halogens is 2. The van der Waals surface area contributed by atoms with Crippen LogP contribution in [0.1, 0.15) is 12.0 Å². The maximum Gasteiger partial charge on any atom is 0.495 e. The summed E-state index contributed by atoms with van der Waals surface area (Å²) in [4.78, 5) is 18.5. The summed E-state index contributed by atoms with van der Waals surface area (Å²) in [7, 11) is -2.28. The van der Waals surface area contributed by atoms with Gasteiger partial charge in [0.25, 0.3) is 0 Å². The fraction of sp³-hybridized carbons (Fsp3) is 0.400. The number of rotatable bonds is 5. The monoisotopic (exact) mass is 248 g/mol. The van der Waals surface area contributed by atoms with E-state index in [9.17, 15) is 18.4 Å². The van der Waals surface area contributed by atoms with E-state index in [0.717, 1.165) is 12.1 Å². The molecule has 0 aliphatic heterocycles. The lowest BCUT2D eigenvalue weighted by Crippen LogP contribution is -2.37. The van der Waals surface area contributed by atoms with Gasteiger partial charge in [0.1, 0.15) is 0 Å². The van der Waals surface area contributed by atoms with Crippen LogP contribution in [0.2, 0.25) is 6.04 Å². The van der Waals surface area contributed by atoms with Crippen LogP contribution in [0.25, 0.3) is 0 Å². The quantitative estimate of drug-likeness (QED) is 0.776. The second-order valence-corrected chi connectivity index (χ2v) is 5.94. The van der Waals surface area contributed by atoms with E-state index in [1.54, 1.807) is 0 Å². The highest BCUT2D eigenvalue weighted by Crippen LogP contribution is 2.13. The fourth-order valence-electron chi connectivity index (χ4n) is 1.32. The molecule has 3 nitrogen and oxygen atoms in total. The number of aryl methyl sites for hydroxylation is 1.